The van der Waals surface area contributed by atoms with Gasteiger partial charge in [-0.1, -0.05) is 43.3 Å². The van der Waals surface area contributed by atoms with Crippen molar-refractivity contribution in [3.63, 3.8) is 0 Å². The number of benzene rings is 3. The van der Waals surface area contributed by atoms with Crippen LogP contribution in [-0.2, 0) is 0 Å². The molecule has 0 spiro atoms. The first-order valence-electron chi connectivity index (χ1n) is 8.84. The molecule has 1 aromatic heterocycles. The molecule has 134 valence electrons. The van der Waals surface area contributed by atoms with Crippen LogP contribution >= 0.6 is 0 Å². The first-order chi connectivity index (χ1) is 13.1. The molecule has 3 aromatic carbocycles. The molecule has 0 aliphatic rings. The van der Waals surface area contributed by atoms with E-state index < -0.39 is 5.97 Å². The van der Waals surface area contributed by atoms with Gasteiger partial charge in [-0.05, 0) is 36.6 Å². The van der Waals surface area contributed by atoms with E-state index in [0.29, 0.717) is 23.3 Å². The van der Waals surface area contributed by atoms with Gasteiger partial charge in [0.15, 0.2) is 5.78 Å². The van der Waals surface area contributed by atoms with E-state index in [4.69, 9.17) is 9.15 Å². The van der Waals surface area contributed by atoms with Crippen molar-refractivity contribution in [1.82, 2.24) is 0 Å². The van der Waals surface area contributed by atoms with E-state index in [0.717, 1.165) is 21.7 Å². The van der Waals surface area contributed by atoms with Gasteiger partial charge in [0.25, 0.3) is 0 Å². The Morgan fingerprint density at radius 1 is 0.926 bits per heavy atom. The summed E-state index contributed by atoms with van der Waals surface area (Å²) >= 11 is 0. The molecular formula is C23H18O4. The molecule has 27 heavy (non-hydrogen) atoms. The summed E-state index contributed by atoms with van der Waals surface area (Å²) in [6.45, 7) is 3.66. The van der Waals surface area contributed by atoms with Crippen LogP contribution in [0.1, 0.15) is 39.8 Å². The summed E-state index contributed by atoms with van der Waals surface area (Å²) in [6, 6.07) is 18.4. The van der Waals surface area contributed by atoms with Gasteiger partial charge in [0.1, 0.15) is 11.3 Å². The molecule has 4 nitrogen and oxygen atoms in total. The topological polar surface area (TPSA) is 56.5 Å². The monoisotopic (exact) mass is 358 g/mol. The van der Waals surface area contributed by atoms with Gasteiger partial charge in [0, 0.05) is 28.3 Å². The van der Waals surface area contributed by atoms with Crippen molar-refractivity contribution in [3.8, 4) is 5.75 Å². The van der Waals surface area contributed by atoms with Crippen molar-refractivity contribution < 1.29 is 18.7 Å². The average Bonchev–Trinajstić information content (AvgIpc) is 3.05. The molecule has 0 saturated carbocycles. The molecule has 4 aromatic rings. The van der Waals surface area contributed by atoms with Crippen molar-refractivity contribution in [1.29, 1.82) is 0 Å². The Morgan fingerprint density at radius 2 is 1.67 bits per heavy atom. The Hall–Kier alpha value is -3.40. The van der Waals surface area contributed by atoms with Crippen molar-refractivity contribution in [2.45, 2.75) is 20.3 Å². The minimum Gasteiger partial charge on any atom is -0.448 e. The Bertz CT molecular complexity index is 1170. The van der Waals surface area contributed by atoms with Crippen LogP contribution in [0.4, 0.5) is 0 Å². The van der Waals surface area contributed by atoms with E-state index in [1.54, 1.807) is 24.3 Å². The number of ketones is 1. The fourth-order valence-electron chi connectivity index (χ4n) is 3.21. The van der Waals surface area contributed by atoms with Crippen LogP contribution in [-0.4, -0.2) is 11.8 Å². The Labute approximate surface area is 156 Å². The standard InChI is InChI=1S/C23H18O4/c1-3-20(24)16-8-11-17(12-9-16)26-23(25)21-14(2)18-13-10-15-6-4-5-7-19(15)22(18)27-21/h4-13H,3H2,1-2H3. The highest BCUT2D eigenvalue weighted by molar-refractivity contribution is 6.08. The quantitative estimate of drug-likeness (QED) is 0.266. The Balaban J connectivity index is 1.67. The van der Waals surface area contributed by atoms with E-state index in [9.17, 15) is 9.59 Å². The summed E-state index contributed by atoms with van der Waals surface area (Å²) in [7, 11) is 0. The lowest BCUT2D eigenvalue weighted by Crippen LogP contribution is -2.09. The number of esters is 1. The van der Waals surface area contributed by atoms with Crippen LogP contribution in [0.2, 0.25) is 0 Å². The summed E-state index contributed by atoms with van der Waals surface area (Å²) in [5.41, 5.74) is 2.03. The van der Waals surface area contributed by atoms with Gasteiger partial charge in [-0.3, -0.25) is 4.79 Å². The Kier molecular flexibility index (Phi) is 4.24. The SMILES string of the molecule is CCC(=O)c1ccc(OC(=O)c2oc3c(ccc4ccccc43)c2C)cc1. The maximum absolute atomic E-state index is 12.6. The number of hydrogen-bond acceptors (Lipinski definition) is 4. The molecule has 0 N–H and O–H groups in total. The van der Waals surface area contributed by atoms with Gasteiger partial charge in [-0.2, -0.15) is 0 Å². The summed E-state index contributed by atoms with van der Waals surface area (Å²) in [6.07, 6.45) is 0.436. The molecule has 0 radical (unpaired) electrons. The lowest BCUT2D eigenvalue weighted by molar-refractivity contribution is 0.0703. The maximum atomic E-state index is 12.6. The van der Waals surface area contributed by atoms with Crippen molar-refractivity contribution in [2.75, 3.05) is 0 Å². The normalized spacial score (nSPS) is 11.0. The zero-order valence-corrected chi connectivity index (χ0v) is 15.1. The van der Waals surface area contributed by atoms with E-state index in [1.807, 2.05) is 50.2 Å². The fourth-order valence-corrected chi connectivity index (χ4v) is 3.21. The number of carbonyl (C=O) groups is 2. The van der Waals surface area contributed by atoms with Crippen LogP contribution in [0.3, 0.4) is 0 Å². The van der Waals surface area contributed by atoms with Gasteiger partial charge < -0.3 is 9.15 Å². The van der Waals surface area contributed by atoms with Gasteiger partial charge in [0.2, 0.25) is 5.76 Å². The maximum Gasteiger partial charge on any atom is 0.379 e. The zero-order valence-electron chi connectivity index (χ0n) is 15.1. The molecule has 0 atom stereocenters. The summed E-state index contributed by atoms with van der Waals surface area (Å²) in [5.74, 6) is 0.0580. The van der Waals surface area contributed by atoms with Gasteiger partial charge in [-0.25, -0.2) is 4.79 Å². The lowest BCUT2D eigenvalue weighted by Gasteiger charge is -2.04. The van der Waals surface area contributed by atoms with E-state index in [-0.39, 0.29) is 11.5 Å². The largest absolute Gasteiger partial charge is 0.448 e. The second-order valence-electron chi connectivity index (χ2n) is 6.41. The van der Waals surface area contributed by atoms with Crippen molar-refractivity contribution in [3.05, 3.63) is 77.6 Å². The van der Waals surface area contributed by atoms with Crippen molar-refractivity contribution in [2.24, 2.45) is 0 Å². The van der Waals surface area contributed by atoms with Crippen LogP contribution in [0.5, 0.6) is 5.75 Å². The number of Topliss-reactive ketones (excluding diaryl/α,β-unsaturated/α-hetero) is 1. The molecule has 0 aliphatic heterocycles. The van der Waals surface area contributed by atoms with E-state index >= 15 is 0 Å². The number of ether oxygens (including phenoxy) is 1. The molecule has 0 saturated heterocycles. The van der Waals surface area contributed by atoms with Crippen LogP contribution in [0, 0.1) is 6.92 Å². The molecule has 4 heteroatoms. The van der Waals surface area contributed by atoms with Crippen LogP contribution in [0.25, 0.3) is 21.7 Å². The highest BCUT2D eigenvalue weighted by Crippen LogP contribution is 2.32. The molecular weight excluding hydrogens is 340 g/mol. The number of fused-ring (bicyclic) bond motifs is 3. The van der Waals surface area contributed by atoms with Crippen molar-refractivity contribution >= 4 is 33.5 Å². The molecule has 0 fully saturated rings. The number of carbonyl (C=O) groups excluding carboxylic acids is 2. The highest BCUT2D eigenvalue weighted by atomic mass is 16.5. The van der Waals surface area contributed by atoms with Gasteiger partial charge >= 0.3 is 5.97 Å². The zero-order chi connectivity index (χ0) is 19.0. The molecule has 0 aliphatic carbocycles. The molecule has 0 amide bonds. The summed E-state index contributed by atoms with van der Waals surface area (Å²) in [4.78, 5) is 24.3. The molecule has 0 unspecified atom stereocenters. The van der Waals surface area contributed by atoms with E-state index in [1.165, 1.54) is 0 Å². The minimum absolute atomic E-state index is 0.0490. The molecule has 1 heterocycles. The van der Waals surface area contributed by atoms with Gasteiger partial charge in [0.05, 0.1) is 0 Å². The summed E-state index contributed by atoms with van der Waals surface area (Å²) < 4.78 is 11.3. The second kappa shape index (κ2) is 6.72. The van der Waals surface area contributed by atoms with Crippen LogP contribution < -0.4 is 4.74 Å². The predicted molar refractivity (Wildman–Crippen MR) is 104 cm³/mol. The predicted octanol–water partition coefficient (Wildman–Crippen LogP) is 5.71. The molecule has 4 rings (SSSR count). The van der Waals surface area contributed by atoms with E-state index in [2.05, 4.69) is 0 Å². The second-order valence-corrected chi connectivity index (χ2v) is 6.41. The fraction of sp³-hybridized carbons (Fsp3) is 0.130. The van der Waals surface area contributed by atoms with Gasteiger partial charge in [-0.15, -0.1) is 0 Å². The number of aryl methyl sites for hydroxylation is 1. The third-order valence-corrected chi connectivity index (χ3v) is 4.72. The third-order valence-electron chi connectivity index (χ3n) is 4.72. The average molecular weight is 358 g/mol. The lowest BCUT2D eigenvalue weighted by atomic mass is 10.1. The summed E-state index contributed by atoms with van der Waals surface area (Å²) in [5, 5.41) is 2.90. The first-order valence-corrected chi connectivity index (χ1v) is 8.84. The minimum atomic E-state index is -0.553. The third kappa shape index (κ3) is 2.99. The Morgan fingerprint density at radius 3 is 2.41 bits per heavy atom. The number of rotatable bonds is 4. The number of hydrogen-bond donors (Lipinski definition) is 0. The molecule has 0 bridgehead atoms. The van der Waals surface area contributed by atoms with Crippen LogP contribution in [0.15, 0.2) is 65.1 Å². The smallest absolute Gasteiger partial charge is 0.379 e. The highest BCUT2D eigenvalue weighted by Gasteiger charge is 2.21. The number of furan rings is 1. The first kappa shape index (κ1) is 17.0.